The zero-order valence-electron chi connectivity index (χ0n) is 12.2. The van der Waals surface area contributed by atoms with Gasteiger partial charge < -0.3 is 9.64 Å². The highest BCUT2D eigenvalue weighted by Crippen LogP contribution is 2.13. The Morgan fingerprint density at radius 2 is 2.14 bits per heavy atom. The van der Waals surface area contributed by atoms with Gasteiger partial charge in [-0.2, -0.15) is 15.0 Å². The van der Waals surface area contributed by atoms with Crippen LogP contribution in [-0.2, 0) is 6.42 Å². The number of pyridine rings is 1. The molecular formula is C13H19N7O. The number of aromatic nitrogens is 4. The van der Waals surface area contributed by atoms with E-state index in [0.29, 0.717) is 12.6 Å². The maximum Gasteiger partial charge on any atom is 0.323 e. The fourth-order valence-electron chi connectivity index (χ4n) is 1.70. The molecule has 0 saturated heterocycles. The molecule has 0 unspecified atom stereocenters. The van der Waals surface area contributed by atoms with E-state index in [1.165, 1.54) is 0 Å². The van der Waals surface area contributed by atoms with Crippen molar-refractivity contribution in [3.8, 4) is 6.01 Å². The summed E-state index contributed by atoms with van der Waals surface area (Å²) in [6.45, 7) is 3.06. The van der Waals surface area contributed by atoms with Crippen LogP contribution in [0.25, 0.3) is 0 Å². The molecule has 0 aliphatic heterocycles. The number of rotatable bonds is 7. The summed E-state index contributed by atoms with van der Waals surface area (Å²) in [6.07, 6.45) is 2.57. The lowest BCUT2D eigenvalue weighted by Gasteiger charge is -2.17. The zero-order chi connectivity index (χ0) is 15.1. The van der Waals surface area contributed by atoms with Crippen molar-refractivity contribution in [2.24, 2.45) is 5.84 Å². The van der Waals surface area contributed by atoms with E-state index in [4.69, 9.17) is 10.6 Å². The molecule has 0 aliphatic carbocycles. The summed E-state index contributed by atoms with van der Waals surface area (Å²) in [5.74, 6) is 6.13. The van der Waals surface area contributed by atoms with Gasteiger partial charge in [0.05, 0.1) is 6.61 Å². The molecule has 0 amide bonds. The first-order valence-electron chi connectivity index (χ1n) is 6.69. The predicted octanol–water partition coefficient (Wildman–Crippen LogP) is 0.630. The summed E-state index contributed by atoms with van der Waals surface area (Å²) in [5.41, 5.74) is 3.43. The number of nitrogens with zero attached hydrogens (tertiary/aromatic N) is 5. The summed E-state index contributed by atoms with van der Waals surface area (Å²) in [4.78, 5) is 18.7. The van der Waals surface area contributed by atoms with Crippen LogP contribution in [-0.4, -0.2) is 40.1 Å². The molecule has 0 aromatic carbocycles. The number of hydrazine groups is 1. The fourth-order valence-corrected chi connectivity index (χ4v) is 1.70. The molecule has 0 bridgehead atoms. The summed E-state index contributed by atoms with van der Waals surface area (Å²) in [5, 5.41) is 0. The summed E-state index contributed by atoms with van der Waals surface area (Å²) < 4.78 is 5.31. The number of anilines is 2. The van der Waals surface area contributed by atoms with Crippen LogP contribution >= 0.6 is 0 Å². The van der Waals surface area contributed by atoms with Crippen molar-refractivity contribution in [3.63, 3.8) is 0 Å². The maximum atomic E-state index is 5.36. The monoisotopic (exact) mass is 289 g/mol. The normalized spacial score (nSPS) is 10.2. The van der Waals surface area contributed by atoms with Gasteiger partial charge in [0, 0.05) is 31.9 Å². The molecule has 0 aliphatic rings. The van der Waals surface area contributed by atoms with Crippen molar-refractivity contribution in [1.29, 1.82) is 0 Å². The second kappa shape index (κ2) is 7.34. The average Bonchev–Trinajstić information content (AvgIpc) is 2.53. The highest BCUT2D eigenvalue weighted by molar-refractivity contribution is 5.37. The van der Waals surface area contributed by atoms with Crippen LogP contribution < -0.4 is 20.9 Å². The predicted molar refractivity (Wildman–Crippen MR) is 80.0 cm³/mol. The van der Waals surface area contributed by atoms with Crippen molar-refractivity contribution < 1.29 is 4.74 Å². The summed E-state index contributed by atoms with van der Waals surface area (Å²) in [6, 6.07) is 6.10. The van der Waals surface area contributed by atoms with Gasteiger partial charge in [-0.1, -0.05) is 6.07 Å². The van der Waals surface area contributed by atoms with Gasteiger partial charge >= 0.3 is 6.01 Å². The number of nitrogens with two attached hydrogens (primary N) is 1. The zero-order valence-corrected chi connectivity index (χ0v) is 12.2. The summed E-state index contributed by atoms with van der Waals surface area (Å²) in [7, 11) is 1.90. The molecule has 3 N–H and O–H groups in total. The smallest absolute Gasteiger partial charge is 0.323 e. The number of nitrogen functional groups attached to an aromatic ring is 1. The lowest BCUT2D eigenvalue weighted by atomic mass is 10.2. The molecule has 8 nitrogen and oxygen atoms in total. The van der Waals surface area contributed by atoms with Crippen molar-refractivity contribution in [1.82, 2.24) is 19.9 Å². The van der Waals surface area contributed by atoms with E-state index in [1.54, 1.807) is 6.20 Å². The van der Waals surface area contributed by atoms with E-state index < -0.39 is 0 Å². The van der Waals surface area contributed by atoms with E-state index in [9.17, 15) is 0 Å². The van der Waals surface area contributed by atoms with Gasteiger partial charge in [-0.05, 0) is 19.1 Å². The molecule has 21 heavy (non-hydrogen) atoms. The molecule has 0 spiro atoms. The highest BCUT2D eigenvalue weighted by Gasteiger charge is 2.11. The molecular weight excluding hydrogens is 270 g/mol. The fraction of sp³-hybridized carbons (Fsp3) is 0.385. The van der Waals surface area contributed by atoms with Gasteiger partial charge in [-0.25, -0.2) is 5.84 Å². The maximum absolute atomic E-state index is 5.36. The van der Waals surface area contributed by atoms with Gasteiger partial charge in [0.15, 0.2) is 0 Å². The first-order chi connectivity index (χ1) is 10.2. The Kier molecular flexibility index (Phi) is 5.22. The Labute approximate surface area is 123 Å². The first-order valence-corrected chi connectivity index (χ1v) is 6.69. The molecule has 2 aromatic heterocycles. The van der Waals surface area contributed by atoms with E-state index in [1.807, 2.05) is 37.1 Å². The molecule has 2 heterocycles. The number of nitrogens with one attached hydrogen (secondary N) is 1. The lowest BCUT2D eigenvalue weighted by molar-refractivity contribution is 0.312. The Balaban J connectivity index is 2.07. The number of hydrogen-bond acceptors (Lipinski definition) is 8. The molecule has 0 radical (unpaired) electrons. The highest BCUT2D eigenvalue weighted by atomic mass is 16.5. The Morgan fingerprint density at radius 1 is 1.29 bits per heavy atom. The number of ether oxygens (including phenoxy) is 1. The van der Waals surface area contributed by atoms with Crippen molar-refractivity contribution >= 4 is 11.9 Å². The van der Waals surface area contributed by atoms with Crippen LogP contribution in [0.4, 0.5) is 11.9 Å². The van der Waals surface area contributed by atoms with Crippen LogP contribution in [0.2, 0.25) is 0 Å². The van der Waals surface area contributed by atoms with Crippen molar-refractivity contribution in [2.45, 2.75) is 13.3 Å². The largest absolute Gasteiger partial charge is 0.464 e. The Hall–Kier alpha value is -2.48. The van der Waals surface area contributed by atoms with E-state index in [0.717, 1.165) is 18.7 Å². The van der Waals surface area contributed by atoms with Crippen molar-refractivity contribution in [3.05, 3.63) is 30.1 Å². The molecule has 0 atom stereocenters. The standard InChI is InChI=1S/C13H19N7O/c1-3-21-13-17-11(19-14)16-12(18-13)20(2)9-7-10-6-4-5-8-15-10/h4-6,8H,3,7,9,14H2,1-2H3,(H,16,17,18,19). The molecule has 2 aromatic rings. The molecule has 8 heteroatoms. The molecule has 0 saturated carbocycles. The third kappa shape index (κ3) is 4.25. The summed E-state index contributed by atoms with van der Waals surface area (Å²) >= 11 is 0. The molecule has 0 fully saturated rings. The van der Waals surface area contributed by atoms with Crippen LogP contribution in [0.1, 0.15) is 12.6 Å². The quantitative estimate of drug-likeness (QED) is 0.565. The van der Waals surface area contributed by atoms with E-state index in [2.05, 4.69) is 25.4 Å². The van der Waals surface area contributed by atoms with Gasteiger partial charge in [0.1, 0.15) is 0 Å². The third-order valence-corrected chi connectivity index (χ3v) is 2.78. The Bertz CT molecular complexity index is 564. The van der Waals surface area contributed by atoms with Crippen LogP contribution in [0.3, 0.4) is 0 Å². The van der Waals surface area contributed by atoms with Gasteiger partial charge in [0.25, 0.3) is 0 Å². The molecule has 2 rings (SSSR count). The lowest BCUT2D eigenvalue weighted by Crippen LogP contribution is -2.24. The van der Waals surface area contributed by atoms with Crippen LogP contribution in [0.5, 0.6) is 6.01 Å². The average molecular weight is 289 g/mol. The van der Waals surface area contributed by atoms with Crippen LogP contribution in [0, 0.1) is 0 Å². The number of likely N-dealkylation sites (N-methyl/N-ethyl adjacent to an activating group) is 1. The second-order valence-corrected chi connectivity index (χ2v) is 4.31. The minimum absolute atomic E-state index is 0.250. The minimum atomic E-state index is 0.250. The topological polar surface area (TPSA) is 102 Å². The number of hydrogen-bond donors (Lipinski definition) is 2. The second-order valence-electron chi connectivity index (χ2n) is 4.31. The minimum Gasteiger partial charge on any atom is -0.464 e. The van der Waals surface area contributed by atoms with Gasteiger partial charge in [0.2, 0.25) is 11.9 Å². The third-order valence-electron chi connectivity index (χ3n) is 2.78. The van der Waals surface area contributed by atoms with Gasteiger partial charge in [-0.15, -0.1) is 0 Å². The van der Waals surface area contributed by atoms with E-state index in [-0.39, 0.29) is 12.0 Å². The van der Waals surface area contributed by atoms with Crippen molar-refractivity contribution in [2.75, 3.05) is 30.5 Å². The van der Waals surface area contributed by atoms with Crippen LogP contribution in [0.15, 0.2) is 24.4 Å². The van der Waals surface area contributed by atoms with Gasteiger partial charge in [-0.3, -0.25) is 10.4 Å². The SMILES string of the molecule is CCOc1nc(NN)nc(N(C)CCc2ccccn2)n1. The van der Waals surface area contributed by atoms with E-state index >= 15 is 0 Å². The Morgan fingerprint density at radius 3 is 2.81 bits per heavy atom. The molecule has 112 valence electrons. The first kappa shape index (κ1) is 14.9.